The van der Waals surface area contributed by atoms with Crippen LogP contribution in [0.2, 0.25) is 0 Å². The van der Waals surface area contributed by atoms with E-state index in [0.29, 0.717) is 12.8 Å². The van der Waals surface area contributed by atoms with E-state index in [9.17, 15) is 14.7 Å². The molecule has 1 aliphatic rings. The second-order valence-corrected chi connectivity index (χ2v) is 7.22. The van der Waals surface area contributed by atoms with Gasteiger partial charge < -0.3 is 9.84 Å². The number of hydrogen-bond donors (Lipinski definition) is 1. The van der Waals surface area contributed by atoms with Crippen molar-refractivity contribution in [1.29, 1.82) is 0 Å². The zero-order valence-corrected chi connectivity index (χ0v) is 15.7. The van der Waals surface area contributed by atoms with Crippen LogP contribution in [0, 0.1) is 24.7 Å². The lowest BCUT2D eigenvalue weighted by Crippen LogP contribution is -2.39. The van der Waals surface area contributed by atoms with Crippen molar-refractivity contribution in [1.82, 2.24) is 0 Å². The molecular formula is C22H28O4. The Bertz CT molecular complexity index is 674. The summed E-state index contributed by atoms with van der Waals surface area (Å²) < 4.78 is 4.55. The van der Waals surface area contributed by atoms with Gasteiger partial charge in [-0.15, -0.1) is 0 Å². The van der Waals surface area contributed by atoms with Crippen LogP contribution in [0.5, 0.6) is 0 Å². The highest BCUT2D eigenvalue weighted by Crippen LogP contribution is 2.39. The minimum absolute atomic E-state index is 0.00101. The van der Waals surface area contributed by atoms with E-state index < -0.39 is 11.6 Å². The van der Waals surface area contributed by atoms with Crippen molar-refractivity contribution in [2.45, 2.75) is 63.9 Å². The molecule has 1 aromatic rings. The highest BCUT2D eigenvalue weighted by atomic mass is 16.5. The van der Waals surface area contributed by atoms with Crippen molar-refractivity contribution in [3.05, 3.63) is 35.4 Å². The molecular weight excluding hydrogens is 328 g/mol. The van der Waals surface area contributed by atoms with E-state index in [1.807, 2.05) is 31.2 Å². The fraction of sp³-hybridized carbons (Fsp3) is 0.545. The van der Waals surface area contributed by atoms with Gasteiger partial charge in [-0.2, -0.15) is 0 Å². The van der Waals surface area contributed by atoms with Crippen LogP contribution in [-0.2, 0) is 14.3 Å². The Morgan fingerprint density at radius 2 is 1.88 bits per heavy atom. The van der Waals surface area contributed by atoms with Gasteiger partial charge in [0.25, 0.3) is 0 Å². The van der Waals surface area contributed by atoms with Crippen molar-refractivity contribution >= 4 is 11.8 Å². The van der Waals surface area contributed by atoms with E-state index in [0.717, 1.165) is 31.2 Å². The van der Waals surface area contributed by atoms with Gasteiger partial charge in [0.05, 0.1) is 12.7 Å². The molecule has 0 aliphatic heterocycles. The van der Waals surface area contributed by atoms with Crippen molar-refractivity contribution in [3.8, 4) is 11.8 Å². The number of ketones is 1. The quantitative estimate of drug-likeness (QED) is 0.461. The second-order valence-electron chi connectivity index (χ2n) is 7.22. The zero-order valence-electron chi connectivity index (χ0n) is 15.7. The molecule has 0 bridgehead atoms. The number of aryl methyl sites for hydroxylation is 1. The number of carbonyl (C=O) groups is 2. The van der Waals surface area contributed by atoms with Gasteiger partial charge in [-0.25, -0.2) is 0 Å². The first-order chi connectivity index (χ1) is 12.4. The van der Waals surface area contributed by atoms with E-state index in [1.54, 1.807) is 0 Å². The molecule has 4 nitrogen and oxygen atoms in total. The molecule has 1 aromatic carbocycles. The van der Waals surface area contributed by atoms with Crippen molar-refractivity contribution in [3.63, 3.8) is 0 Å². The maximum atomic E-state index is 12.2. The fourth-order valence-electron chi connectivity index (χ4n) is 3.62. The Balaban J connectivity index is 1.99. The average molecular weight is 356 g/mol. The Labute approximate surface area is 155 Å². The van der Waals surface area contributed by atoms with Gasteiger partial charge in [0, 0.05) is 18.4 Å². The third-order valence-corrected chi connectivity index (χ3v) is 5.15. The first-order valence-electron chi connectivity index (χ1n) is 9.29. The zero-order chi connectivity index (χ0) is 19.0. The molecule has 0 aromatic heterocycles. The van der Waals surface area contributed by atoms with E-state index in [4.69, 9.17) is 0 Å². The largest absolute Gasteiger partial charge is 0.469 e. The molecule has 26 heavy (non-hydrogen) atoms. The number of Topliss-reactive ketones (excluding diaryl/α,β-unsaturated/α-hetero) is 1. The number of carbonyl (C=O) groups excluding carboxylic acids is 2. The molecule has 140 valence electrons. The Kier molecular flexibility index (Phi) is 7.41. The van der Waals surface area contributed by atoms with Crippen LogP contribution in [0.25, 0.3) is 0 Å². The van der Waals surface area contributed by atoms with E-state index in [-0.39, 0.29) is 24.5 Å². The summed E-state index contributed by atoms with van der Waals surface area (Å²) in [6.07, 6.45) is 4.69. The van der Waals surface area contributed by atoms with E-state index >= 15 is 0 Å². The summed E-state index contributed by atoms with van der Waals surface area (Å²) in [6.45, 7) is 2.03. The maximum Gasteiger partial charge on any atom is 0.313 e. The molecule has 1 N–H and O–H groups in total. The number of rotatable bonds is 7. The number of esters is 1. The van der Waals surface area contributed by atoms with Gasteiger partial charge >= 0.3 is 5.97 Å². The monoisotopic (exact) mass is 356 g/mol. The SMILES string of the molecule is COC(=O)CC(=O)CC(O)(CCC#Cc1ccc(C)cc1)C1CCCC1. The summed E-state index contributed by atoms with van der Waals surface area (Å²) in [4.78, 5) is 23.5. The first-order valence-corrected chi connectivity index (χ1v) is 9.29. The minimum atomic E-state index is -1.08. The number of benzene rings is 1. The maximum absolute atomic E-state index is 12.2. The minimum Gasteiger partial charge on any atom is -0.469 e. The molecule has 0 spiro atoms. The second kappa shape index (κ2) is 9.54. The van der Waals surface area contributed by atoms with Crippen molar-refractivity contribution in [2.75, 3.05) is 7.11 Å². The van der Waals surface area contributed by atoms with Crippen molar-refractivity contribution < 1.29 is 19.4 Å². The molecule has 4 heteroatoms. The summed E-state index contributed by atoms with van der Waals surface area (Å²) >= 11 is 0. The van der Waals surface area contributed by atoms with Gasteiger partial charge in [0.2, 0.25) is 0 Å². The van der Waals surface area contributed by atoms with Crippen LogP contribution >= 0.6 is 0 Å². The summed E-state index contributed by atoms with van der Waals surface area (Å²) in [7, 11) is 1.26. The molecule has 0 saturated heterocycles. The topological polar surface area (TPSA) is 63.6 Å². The van der Waals surface area contributed by atoms with Gasteiger partial charge in [-0.05, 0) is 44.2 Å². The molecule has 1 saturated carbocycles. The van der Waals surface area contributed by atoms with E-state index in [1.165, 1.54) is 12.7 Å². The lowest BCUT2D eigenvalue weighted by atomic mass is 9.78. The van der Waals surface area contributed by atoms with Crippen LogP contribution in [0.15, 0.2) is 24.3 Å². The molecule has 1 aliphatic carbocycles. The summed E-state index contributed by atoms with van der Waals surface area (Å²) in [5, 5.41) is 11.2. The summed E-state index contributed by atoms with van der Waals surface area (Å²) in [5.41, 5.74) is 1.06. The average Bonchev–Trinajstić information content (AvgIpc) is 3.15. The van der Waals surface area contributed by atoms with Crippen LogP contribution in [0.4, 0.5) is 0 Å². The lowest BCUT2D eigenvalue weighted by Gasteiger charge is -2.33. The summed E-state index contributed by atoms with van der Waals surface area (Å²) in [5.74, 6) is 5.51. The van der Waals surface area contributed by atoms with Crippen LogP contribution in [0.1, 0.15) is 62.5 Å². The first kappa shape index (κ1) is 20.2. The molecule has 2 rings (SSSR count). The Hall–Kier alpha value is -2.12. The smallest absolute Gasteiger partial charge is 0.313 e. The normalized spacial score (nSPS) is 16.4. The molecule has 1 unspecified atom stereocenters. The third-order valence-electron chi connectivity index (χ3n) is 5.15. The van der Waals surface area contributed by atoms with Crippen LogP contribution < -0.4 is 0 Å². The molecule has 1 atom stereocenters. The van der Waals surface area contributed by atoms with Crippen molar-refractivity contribution in [2.24, 2.45) is 5.92 Å². The predicted molar refractivity (Wildman–Crippen MR) is 100 cm³/mol. The lowest BCUT2D eigenvalue weighted by molar-refractivity contribution is -0.144. The highest BCUT2D eigenvalue weighted by molar-refractivity contribution is 5.95. The fourth-order valence-corrected chi connectivity index (χ4v) is 3.62. The molecule has 0 heterocycles. The molecule has 1 fully saturated rings. The Morgan fingerprint density at radius 3 is 2.50 bits per heavy atom. The van der Waals surface area contributed by atoms with E-state index in [2.05, 4.69) is 16.6 Å². The summed E-state index contributed by atoms with van der Waals surface area (Å²) in [6, 6.07) is 7.99. The van der Waals surface area contributed by atoms with Gasteiger partial charge in [-0.1, -0.05) is 42.4 Å². The number of hydrogen-bond acceptors (Lipinski definition) is 4. The van der Waals surface area contributed by atoms with Gasteiger partial charge in [0.15, 0.2) is 0 Å². The number of ether oxygens (including phenoxy) is 1. The van der Waals surface area contributed by atoms with Gasteiger partial charge in [0.1, 0.15) is 12.2 Å². The highest BCUT2D eigenvalue weighted by Gasteiger charge is 2.39. The predicted octanol–water partition coefficient (Wildman–Crippen LogP) is 3.57. The molecule has 0 amide bonds. The third kappa shape index (κ3) is 6.00. The van der Waals surface area contributed by atoms with Crippen LogP contribution in [0.3, 0.4) is 0 Å². The number of methoxy groups -OCH3 is 1. The number of aliphatic hydroxyl groups is 1. The molecule has 0 radical (unpaired) electrons. The van der Waals surface area contributed by atoms with Crippen LogP contribution in [-0.4, -0.2) is 29.6 Å². The Morgan fingerprint density at radius 1 is 1.23 bits per heavy atom. The van der Waals surface area contributed by atoms with Gasteiger partial charge in [-0.3, -0.25) is 9.59 Å². The standard InChI is InChI=1S/C22H28O4/c1-17-10-12-18(13-11-17)7-5-6-14-22(25,19-8-3-4-9-19)16-20(23)15-21(24)26-2/h10-13,19,25H,3-4,6,8-9,14-16H2,1-2H3.